The van der Waals surface area contributed by atoms with E-state index in [1.165, 1.54) is 0 Å². The van der Waals surface area contributed by atoms with E-state index in [9.17, 15) is 9.90 Å². The average Bonchev–Trinajstić information content (AvgIpc) is 2.38. The second kappa shape index (κ2) is 7.87. The number of aliphatic hydroxyl groups excluding tert-OH is 1. The third-order valence-corrected chi connectivity index (χ3v) is 3.02. The molecular weight excluding hydrogens is 258 g/mol. The molecule has 0 saturated carbocycles. The second-order valence-electron chi connectivity index (χ2n) is 4.90. The zero-order valence-electron chi connectivity index (χ0n) is 12.3. The molecule has 1 rings (SSSR count). The Balaban J connectivity index is 2.72. The van der Waals surface area contributed by atoms with Crippen LogP contribution in [0.4, 0.5) is 0 Å². The zero-order valence-corrected chi connectivity index (χ0v) is 12.3. The summed E-state index contributed by atoms with van der Waals surface area (Å²) < 4.78 is 5.52. The molecule has 0 aliphatic heterocycles. The lowest BCUT2D eigenvalue weighted by Gasteiger charge is -2.22. The number of nitrogens with zero attached hydrogens (tertiary/aromatic N) is 1. The molecule has 0 bridgehead atoms. The van der Waals surface area contributed by atoms with E-state index in [2.05, 4.69) is 0 Å². The summed E-state index contributed by atoms with van der Waals surface area (Å²) in [7, 11) is 1.79. The number of aryl methyl sites for hydroxylation is 1. The SMILES string of the molecule is CCOc1ccc(C)cc1C(O)CN(C)CCC(=O)O. The van der Waals surface area contributed by atoms with Crippen molar-refractivity contribution in [3.63, 3.8) is 0 Å². The van der Waals surface area contributed by atoms with Crippen molar-refractivity contribution in [3.05, 3.63) is 29.3 Å². The van der Waals surface area contributed by atoms with Crippen LogP contribution in [0.2, 0.25) is 0 Å². The lowest BCUT2D eigenvalue weighted by molar-refractivity contribution is -0.137. The quantitative estimate of drug-likeness (QED) is 0.761. The summed E-state index contributed by atoms with van der Waals surface area (Å²) in [4.78, 5) is 12.3. The van der Waals surface area contributed by atoms with E-state index < -0.39 is 12.1 Å². The molecule has 0 spiro atoms. The number of carbonyl (C=O) groups is 1. The first-order chi connectivity index (χ1) is 9.43. The van der Waals surface area contributed by atoms with Gasteiger partial charge in [-0.3, -0.25) is 4.79 Å². The van der Waals surface area contributed by atoms with E-state index >= 15 is 0 Å². The summed E-state index contributed by atoms with van der Waals surface area (Å²) in [6, 6.07) is 5.70. The first kappa shape index (κ1) is 16.5. The molecule has 5 heteroatoms. The maximum atomic E-state index is 10.5. The van der Waals surface area contributed by atoms with E-state index in [-0.39, 0.29) is 6.42 Å². The van der Waals surface area contributed by atoms with E-state index in [1.54, 1.807) is 11.9 Å². The predicted molar refractivity (Wildman–Crippen MR) is 77.1 cm³/mol. The summed E-state index contributed by atoms with van der Waals surface area (Å²) in [6.07, 6.45) is -0.634. The third kappa shape index (κ3) is 5.19. The van der Waals surface area contributed by atoms with Gasteiger partial charge in [0.25, 0.3) is 0 Å². The molecule has 0 saturated heterocycles. The Morgan fingerprint density at radius 3 is 2.75 bits per heavy atom. The van der Waals surface area contributed by atoms with Crippen LogP contribution in [0.3, 0.4) is 0 Å². The minimum absolute atomic E-state index is 0.0648. The number of carboxylic acid groups (broad SMARTS) is 1. The van der Waals surface area contributed by atoms with Gasteiger partial charge in [-0.15, -0.1) is 0 Å². The highest BCUT2D eigenvalue weighted by molar-refractivity contribution is 5.66. The number of aliphatic hydroxyl groups is 1. The Bertz CT molecular complexity index is 447. The highest BCUT2D eigenvalue weighted by atomic mass is 16.5. The van der Waals surface area contributed by atoms with Crippen molar-refractivity contribution in [2.45, 2.75) is 26.4 Å². The minimum atomic E-state index is -0.836. The molecule has 0 aliphatic carbocycles. The standard InChI is InChI=1S/C15H23NO4/c1-4-20-14-6-5-11(2)9-12(14)13(17)10-16(3)8-7-15(18)19/h5-6,9,13,17H,4,7-8,10H2,1-3H3,(H,18,19). The number of carboxylic acids is 1. The van der Waals surface area contributed by atoms with Crippen LogP contribution in [0.5, 0.6) is 5.75 Å². The maximum absolute atomic E-state index is 10.5. The van der Waals surface area contributed by atoms with Crippen LogP contribution in [-0.2, 0) is 4.79 Å². The van der Waals surface area contributed by atoms with Gasteiger partial charge < -0.3 is 19.8 Å². The molecule has 0 aliphatic rings. The number of aliphatic carboxylic acids is 1. The van der Waals surface area contributed by atoms with E-state index in [1.807, 2.05) is 32.0 Å². The topological polar surface area (TPSA) is 70.0 Å². The van der Waals surface area contributed by atoms with Crippen molar-refractivity contribution in [2.75, 3.05) is 26.7 Å². The predicted octanol–water partition coefficient (Wildman–Crippen LogP) is 1.83. The number of ether oxygens (including phenoxy) is 1. The fourth-order valence-electron chi connectivity index (χ4n) is 1.99. The van der Waals surface area contributed by atoms with Crippen molar-refractivity contribution in [2.24, 2.45) is 0 Å². The molecule has 0 radical (unpaired) electrons. The highest BCUT2D eigenvalue weighted by Crippen LogP contribution is 2.27. The van der Waals surface area contributed by atoms with Gasteiger partial charge in [0.15, 0.2) is 0 Å². The van der Waals surface area contributed by atoms with Crippen LogP contribution in [0.15, 0.2) is 18.2 Å². The summed E-state index contributed by atoms with van der Waals surface area (Å²) in [5, 5.41) is 19.0. The van der Waals surface area contributed by atoms with Gasteiger partial charge in [0.1, 0.15) is 5.75 Å². The summed E-state index contributed by atoms with van der Waals surface area (Å²) >= 11 is 0. The second-order valence-corrected chi connectivity index (χ2v) is 4.90. The molecule has 112 valence electrons. The number of hydrogen-bond donors (Lipinski definition) is 2. The average molecular weight is 281 g/mol. The Morgan fingerprint density at radius 2 is 2.15 bits per heavy atom. The number of rotatable bonds is 8. The maximum Gasteiger partial charge on any atom is 0.304 e. The molecule has 0 heterocycles. The normalized spacial score (nSPS) is 12.4. The fourth-order valence-corrected chi connectivity index (χ4v) is 1.99. The van der Waals surface area contributed by atoms with Gasteiger partial charge in [0.05, 0.1) is 19.1 Å². The Kier molecular flexibility index (Phi) is 6.48. The fraction of sp³-hybridized carbons (Fsp3) is 0.533. The molecular formula is C15H23NO4. The molecule has 1 unspecified atom stereocenters. The Labute approximate surface area is 119 Å². The van der Waals surface area contributed by atoms with Crippen molar-refractivity contribution in [1.82, 2.24) is 4.90 Å². The van der Waals surface area contributed by atoms with Crippen LogP contribution < -0.4 is 4.74 Å². The summed E-state index contributed by atoms with van der Waals surface area (Å²) in [5.41, 5.74) is 1.80. The van der Waals surface area contributed by atoms with Crippen LogP contribution in [0.1, 0.15) is 30.6 Å². The lowest BCUT2D eigenvalue weighted by atomic mass is 10.0. The molecule has 5 nitrogen and oxygen atoms in total. The number of likely N-dealkylation sites (N-methyl/N-ethyl adjacent to an activating group) is 1. The number of hydrogen-bond acceptors (Lipinski definition) is 4. The molecule has 0 fully saturated rings. The lowest BCUT2D eigenvalue weighted by Crippen LogP contribution is -2.27. The van der Waals surface area contributed by atoms with Crippen molar-refractivity contribution < 1.29 is 19.7 Å². The molecule has 0 amide bonds. The van der Waals surface area contributed by atoms with Gasteiger partial charge in [0, 0.05) is 18.7 Å². The van der Waals surface area contributed by atoms with Crippen molar-refractivity contribution in [3.8, 4) is 5.75 Å². The zero-order chi connectivity index (χ0) is 15.1. The number of benzene rings is 1. The van der Waals surface area contributed by atoms with Crippen LogP contribution in [0.25, 0.3) is 0 Å². The molecule has 1 aromatic rings. The van der Waals surface area contributed by atoms with E-state index in [0.29, 0.717) is 25.4 Å². The third-order valence-electron chi connectivity index (χ3n) is 3.02. The minimum Gasteiger partial charge on any atom is -0.493 e. The molecule has 20 heavy (non-hydrogen) atoms. The summed E-state index contributed by atoms with van der Waals surface area (Å²) in [6.45, 7) is 5.17. The van der Waals surface area contributed by atoms with Crippen LogP contribution >= 0.6 is 0 Å². The molecule has 1 atom stereocenters. The summed E-state index contributed by atoms with van der Waals surface area (Å²) in [5.74, 6) is -0.158. The molecule has 2 N–H and O–H groups in total. The first-order valence-corrected chi connectivity index (χ1v) is 6.75. The first-order valence-electron chi connectivity index (χ1n) is 6.75. The molecule has 1 aromatic carbocycles. The van der Waals surface area contributed by atoms with Gasteiger partial charge >= 0.3 is 5.97 Å². The smallest absolute Gasteiger partial charge is 0.304 e. The Hall–Kier alpha value is -1.59. The van der Waals surface area contributed by atoms with E-state index in [4.69, 9.17) is 9.84 Å². The van der Waals surface area contributed by atoms with Gasteiger partial charge in [-0.2, -0.15) is 0 Å². The van der Waals surface area contributed by atoms with Gasteiger partial charge in [-0.05, 0) is 33.0 Å². The van der Waals surface area contributed by atoms with Gasteiger partial charge in [-0.1, -0.05) is 11.6 Å². The van der Waals surface area contributed by atoms with Gasteiger partial charge in [0.2, 0.25) is 0 Å². The van der Waals surface area contributed by atoms with Crippen molar-refractivity contribution in [1.29, 1.82) is 0 Å². The molecule has 0 aromatic heterocycles. The largest absolute Gasteiger partial charge is 0.493 e. The van der Waals surface area contributed by atoms with Crippen LogP contribution in [0, 0.1) is 6.92 Å². The monoisotopic (exact) mass is 281 g/mol. The van der Waals surface area contributed by atoms with Gasteiger partial charge in [-0.25, -0.2) is 0 Å². The van der Waals surface area contributed by atoms with Crippen LogP contribution in [-0.4, -0.2) is 47.8 Å². The highest BCUT2D eigenvalue weighted by Gasteiger charge is 2.16. The Morgan fingerprint density at radius 1 is 1.45 bits per heavy atom. The van der Waals surface area contributed by atoms with E-state index in [0.717, 1.165) is 11.1 Å². The van der Waals surface area contributed by atoms with Crippen molar-refractivity contribution >= 4 is 5.97 Å².